The van der Waals surface area contributed by atoms with Crippen molar-refractivity contribution >= 4 is 0 Å². The summed E-state index contributed by atoms with van der Waals surface area (Å²) in [6.07, 6.45) is 0. The Kier molecular flexibility index (Phi) is 2.02. The molecule has 9 heavy (non-hydrogen) atoms. The van der Waals surface area contributed by atoms with E-state index in [2.05, 4.69) is 9.47 Å². The normalized spacial score (nSPS) is 27.3. The third kappa shape index (κ3) is 2.28. The zero-order chi connectivity index (χ0) is 6.74. The zero-order valence-corrected chi connectivity index (χ0v) is 4.96. The summed E-state index contributed by atoms with van der Waals surface area (Å²) in [6, 6.07) is 0. The second-order valence-electron chi connectivity index (χ2n) is 2.02. The summed E-state index contributed by atoms with van der Waals surface area (Å²) in [7, 11) is 0. The summed E-state index contributed by atoms with van der Waals surface area (Å²) in [5.74, 6) is -2.28. The number of hydrogen-bond donors (Lipinski definition) is 0. The molecule has 0 bridgehead atoms. The molecule has 1 fully saturated rings. The molecule has 0 spiro atoms. The van der Waals surface area contributed by atoms with E-state index >= 15 is 0 Å². The number of hydrogen-bond acceptors (Lipinski definition) is 2. The maximum atomic E-state index is 10.5. The molecule has 0 atom stereocenters. The highest BCUT2D eigenvalue weighted by Crippen LogP contribution is 2.06. The highest BCUT2D eigenvalue weighted by Gasteiger charge is 2.30. The molecule has 1 aliphatic heterocycles. The van der Waals surface area contributed by atoms with Gasteiger partial charge in [-0.1, -0.05) is 0 Å². The van der Waals surface area contributed by atoms with Crippen LogP contribution in [0.3, 0.4) is 0 Å². The van der Waals surface area contributed by atoms with Crippen LogP contribution in [0.5, 0.6) is 0 Å². The van der Waals surface area contributed by atoms with Gasteiger partial charge >= 0.3 is 0 Å². The van der Waals surface area contributed by atoms with Crippen LogP contribution < -0.4 is 0 Å². The maximum Gasteiger partial charge on any atom is 0.279 e. The lowest BCUT2D eigenvalue weighted by Gasteiger charge is -2.10. The van der Waals surface area contributed by atoms with E-state index in [0.717, 1.165) is 0 Å². The van der Waals surface area contributed by atoms with E-state index in [1.807, 2.05) is 0 Å². The predicted octanol–water partition coefficient (Wildman–Crippen LogP) is -0.409. The lowest BCUT2D eigenvalue weighted by molar-refractivity contribution is -0.277. The van der Waals surface area contributed by atoms with Crippen molar-refractivity contribution in [1.82, 2.24) is 0 Å². The van der Waals surface area contributed by atoms with Crippen LogP contribution in [0, 0.1) is 0 Å². The van der Waals surface area contributed by atoms with Crippen LogP contribution in [0.4, 0.5) is 0 Å². The SMILES string of the molecule is [O]C1([O])COCCOC1. The predicted molar refractivity (Wildman–Crippen MR) is 25.7 cm³/mol. The van der Waals surface area contributed by atoms with Crippen molar-refractivity contribution in [2.75, 3.05) is 26.4 Å². The van der Waals surface area contributed by atoms with Crippen molar-refractivity contribution in [3.63, 3.8) is 0 Å². The van der Waals surface area contributed by atoms with Gasteiger partial charge in [0.25, 0.3) is 5.79 Å². The smallest absolute Gasteiger partial charge is 0.279 e. The van der Waals surface area contributed by atoms with Gasteiger partial charge < -0.3 is 9.47 Å². The molecule has 1 aliphatic rings. The largest absolute Gasteiger partial charge is 0.373 e. The van der Waals surface area contributed by atoms with Crippen molar-refractivity contribution < 1.29 is 19.7 Å². The molecular formula is C5H8O4. The summed E-state index contributed by atoms with van der Waals surface area (Å²) in [5.41, 5.74) is 0. The first-order chi connectivity index (χ1) is 4.21. The molecule has 0 saturated carbocycles. The molecule has 0 aromatic rings. The highest BCUT2D eigenvalue weighted by molar-refractivity contribution is 4.62. The van der Waals surface area contributed by atoms with E-state index in [-0.39, 0.29) is 13.2 Å². The van der Waals surface area contributed by atoms with E-state index in [1.165, 1.54) is 0 Å². The fraction of sp³-hybridized carbons (Fsp3) is 1.00. The molecule has 0 unspecified atom stereocenters. The molecule has 0 aliphatic carbocycles. The summed E-state index contributed by atoms with van der Waals surface area (Å²) >= 11 is 0. The summed E-state index contributed by atoms with van der Waals surface area (Å²) in [5, 5.41) is 21.1. The van der Waals surface area contributed by atoms with Crippen molar-refractivity contribution in [2.24, 2.45) is 0 Å². The molecule has 0 amide bonds. The van der Waals surface area contributed by atoms with Gasteiger partial charge in [0.05, 0.1) is 13.2 Å². The van der Waals surface area contributed by atoms with Gasteiger partial charge in [0, 0.05) is 0 Å². The Balaban J connectivity index is 2.36. The molecule has 1 saturated heterocycles. The first-order valence-corrected chi connectivity index (χ1v) is 2.77. The van der Waals surface area contributed by atoms with Crippen LogP contribution in [-0.4, -0.2) is 32.2 Å². The number of rotatable bonds is 0. The first-order valence-electron chi connectivity index (χ1n) is 2.77. The molecular weight excluding hydrogens is 124 g/mol. The standard InChI is InChI=1S/C5H8O4/c6-5(7)3-8-1-2-9-4-5/h1-4H2. The Bertz CT molecular complexity index is 81.0. The highest BCUT2D eigenvalue weighted by atomic mass is 16.6. The molecule has 2 radical (unpaired) electrons. The lowest BCUT2D eigenvalue weighted by Crippen LogP contribution is -2.34. The molecule has 4 heteroatoms. The van der Waals surface area contributed by atoms with Gasteiger partial charge in [0.1, 0.15) is 13.2 Å². The van der Waals surface area contributed by atoms with E-state index < -0.39 is 5.79 Å². The van der Waals surface area contributed by atoms with Crippen LogP contribution in [0.1, 0.15) is 0 Å². The van der Waals surface area contributed by atoms with E-state index in [4.69, 9.17) is 0 Å². The van der Waals surface area contributed by atoms with Crippen molar-refractivity contribution in [3.8, 4) is 0 Å². The molecule has 1 heterocycles. The van der Waals surface area contributed by atoms with Gasteiger partial charge in [-0.05, 0) is 0 Å². The molecule has 1 rings (SSSR count). The second-order valence-corrected chi connectivity index (χ2v) is 2.02. The van der Waals surface area contributed by atoms with Gasteiger partial charge in [-0.15, -0.1) is 0 Å². The van der Waals surface area contributed by atoms with Crippen LogP contribution in [-0.2, 0) is 19.7 Å². The van der Waals surface area contributed by atoms with E-state index in [9.17, 15) is 10.2 Å². The van der Waals surface area contributed by atoms with Crippen LogP contribution in [0.25, 0.3) is 0 Å². The van der Waals surface area contributed by atoms with Gasteiger partial charge in [-0.2, -0.15) is 10.2 Å². The summed E-state index contributed by atoms with van der Waals surface area (Å²) in [4.78, 5) is 0. The lowest BCUT2D eigenvalue weighted by atomic mass is 10.3. The summed E-state index contributed by atoms with van der Waals surface area (Å²) < 4.78 is 9.32. The van der Waals surface area contributed by atoms with E-state index in [0.29, 0.717) is 13.2 Å². The average molecular weight is 132 g/mol. The number of ether oxygens (including phenoxy) is 2. The van der Waals surface area contributed by atoms with Gasteiger partial charge in [-0.3, -0.25) is 0 Å². The maximum absolute atomic E-state index is 10.5. The third-order valence-corrected chi connectivity index (χ3v) is 1.02. The first kappa shape index (κ1) is 6.95. The topological polar surface area (TPSA) is 58.3 Å². The fourth-order valence-corrected chi connectivity index (χ4v) is 0.615. The minimum Gasteiger partial charge on any atom is -0.373 e. The van der Waals surface area contributed by atoms with Crippen molar-refractivity contribution in [2.45, 2.75) is 5.79 Å². The minimum atomic E-state index is -2.28. The molecule has 52 valence electrons. The van der Waals surface area contributed by atoms with Crippen LogP contribution >= 0.6 is 0 Å². The second kappa shape index (κ2) is 2.62. The average Bonchev–Trinajstić information content (AvgIpc) is 1.92. The Morgan fingerprint density at radius 1 is 1.00 bits per heavy atom. The van der Waals surface area contributed by atoms with Gasteiger partial charge in [-0.25, -0.2) is 0 Å². The Morgan fingerprint density at radius 3 is 1.89 bits per heavy atom. The van der Waals surface area contributed by atoms with Crippen LogP contribution in [0.2, 0.25) is 0 Å². The zero-order valence-electron chi connectivity index (χ0n) is 4.96. The molecule has 0 aromatic carbocycles. The van der Waals surface area contributed by atoms with Gasteiger partial charge in [0.2, 0.25) is 0 Å². The Morgan fingerprint density at radius 2 is 1.44 bits per heavy atom. The van der Waals surface area contributed by atoms with Crippen molar-refractivity contribution in [3.05, 3.63) is 0 Å². The van der Waals surface area contributed by atoms with Gasteiger partial charge in [0.15, 0.2) is 0 Å². The minimum absolute atomic E-state index is 0.285. The van der Waals surface area contributed by atoms with Crippen LogP contribution in [0.15, 0.2) is 0 Å². The Labute approximate surface area is 53.0 Å². The Hall–Kier alpha value is -0.160. The summed E-state index contributed by atoms with van der Waals surface area (Å²) in [6.45, 7) is 0.137. The third-order valence-electron chi connectivity index (χ3n) is 1.02. The fourth-order valence-electron chi connectivity index (χ4n) is 0.615. The monoisotopic (exact) mass is 132 g/mol. The molecule has 0 aromatic heterocycles. The molecule has 0 N–H and O–H groups in total. The molecule has 4 nitrogen and oxygen atoms in total. The quantitative estimate of drug-likeness (QED) is 0.421. The van der Waals surface area contributed by atoms with Crippen molar-refractivity contribution in [1.29, 1.82) is 0 Å². The van der Waals surface area contributed by atoms with E-state index in [1.54, 1.807) is 0 Å².